The van der Waals surface area contributed by atoms with Crippen LogP contribution in [0.25, 0.3) is 32.1 Å². The second kappa shape index (κ2) is 8.31. The van der Waals surface area contributed by atoms with Gasteiger partial charge in [0.15, 0.2) is 5.82 Å². The summed E-state index contributed by atoms with van der Waals surface area (Å²) in [6, 6.07) is 4.75. The molecular weight excluding hydrogens is 486 g/mol. The minimum atomic E-state index is -0.707. The first-order valence-electron chi connectivity index (χ1n) is 11.4. The number of nitrogens with two attached hydrogens (primary N) is 1. The van der Waals surface area contributed by atoms with E-state index in [1.54, 1.807) is 12.3 Å². The Morgan fingerprint density at radius 2 is 2.00 bits per heavy atom. The van der Waals surface area contributed by atoms with E-state index in [4.69, 9.17) is 10.5 Å². The van der Waals surface area contributed by atoms with Gasteiger partial charge in [-0.1, -0.05) is 0 Å². The minimum absolute atomic E-state index is 0.0115. The summed E-state index contributed by atoms with van der Waals surface area (Å²) in [5, 5.41) is 21.2. The summed E-state index contributed by atoms with van der Waals surface area (Å²) < 4.78 is 38.1. The molecule has 2 aliphatic rings. The number of likely N-dealkylation sites (N-methyl/N-ethyl adjacent to an activating group) is 1. The van der Waals surface area contributed by atoms with E-state index >= 15 is 8.78 Å². The molecule has 1 saturated heterocycles. The largest absolute Gasteiger partial charge is 0.390 e. The summed E-state index contributed by atoms with van der Waals surface area (Å²) in [6.07, 6.45) is 0.960. The summed E-state index contributed by atoms with van der Waals surface area (Å²) in [5.41, 5.74) is 7.44. The maximum Gasteiger partial charge on any atom is 0.226 e. The van der Waals surface area contributed by atoms with E-state index in [9.17, 15) is 10.4 Å². The van der Waals surface area contributed by atoms with Gasteiger partial charge in [0.2, 0.25) is 5.95 Å². The third-order valence-electron chi connectivity index (χ3n) is 7.09. The number of nitrogen functional groups attached to an aromatic ring is 1. The van der Waals surface area contributed by atoms with Gasteiger partial charge in [0.25, 0.3) is 0 Å². The van der Waals surface area contributed by atoms with E-state index in [0.717, 1.165) is 11.3 Å². The van der Waals surface area contributed by atoms with Crippen LogP contribution in [0.2, 0.25) is 0 Å². The van der Waals surface area contributed by atoms with Crippen LogP contribution in [0.5, 0.6) is 0 Å². The van der Waals surface area contributed by atoms with Gasteiger partial charge in [0, 0.05) is 45.9 Å². The first-order chi connectivity index (χ1) is 17.3. The number of aliphatic hydroxyl groups excluding tert-OH is 1. The molecule has 2 atom stereocenters. The maximum atomic E-state index is 16.4. The highest BCUT2D eigenvalue weighted by molar-refractivity contribution is 7.23. The Hall–Kier alpha value is -3.43. The zero-order chi connectivity index (χ0) is 25.3. The van der Waals surface area contributed by atoms with Crippen LogP contribution in [0, 0.1) is 23.0 Å². The molecule has 11 heteroatoms. The number of hydrogen-bond acceptors (Lipinski definition) is 9. The number of anilines is 2. The van der Waals surface area contributed by atoms with Crippen LogP contribution in [0.3, 0.4) is 0 Å². The smallest absolute Gasteiger partial charge is 0.226 e. The summed E-state index contributed by atoms with van der Waals surface area (Å²) in [4.78, 5) is 12.8. The normalized spacial score (nSPS) is 19.5. The summed E-state index contributed by atoms with van der Waals surface area (Å²) >= 11 is 1.16. The van der Waals surface area contributed by atoms with Gasteiger partial charge in [-0.3, -0.25) is 0 Å². The summed E-state index contributed by atoms with van der Waals surface area (Å²) in [5.74, 6) is -1.08. The number of aliphatic hydroxyl groups is 1. The van der Waals surface area contributed by atoms with Gasteiger partial charge in [-0.15, -0.1) is 11.3 Å². The first-order valence-corrected chi connectivity index (χ1v) is 12.2. The highest BCUT2D eigenvalue weighted by Gasteiger charge is 2.35. The van der Waals surface area contributed by atoms with Crippen LogP contribution in [-0.4, -0.2) is 59.3 Å². The molecule has 2 aromatic carbocycles. The van der Waals surface area contributed by atoms with Crippen molar-refractivity contribution in [3.05, 3.63) is 46.7 Å². The summed E-state index contributed by atoms with van der Waals surface area (Å²) in [7, 11) is 3.77. The number of hydrogen-bond donors (Lipinski definition) is 2. The second-order valence-corrected chi connectivity index (χ2v) is 10.4. The molecule has 0 bridgehead atoms. The molecule has 0 amide bonds. The number of nitriles is 1. The minimum Gasteiger partial charge on any atom is -0.390 e. The molecule has 36 heavy (non-hydrogen) atoms. The van der Waals surface area contributed by atoms with Gasteiger partial charge in [0.1, 0.15) is 22.4 Å². The number of β-amino-alcohol motifs (C(OH)–C–C–N with tert-alkyl or cyclic N) is 1. The van der Waals surface area contributed by atoms with Crippen molar-refractivity contribution in [3.8, 4) is 17.2 Å². The van der Waals surface area contributed by atoms with Crippen LogP contribution in [0.1, 0.15) is 16.7 Å². The first kappa shape index (κ1) is 23.0. The van der Waals surface area contributed by atoms with Crippen LogP contribution in [-0.2, 0) is 18.0 Å². The molecule has 184 valence electrons. The van der Waals surface area contributed by atoms with Gasteiger partial charge in [-0.05, 0) is 37.4 Å². The molecule has 2 aliphatic heterocycles. The SMILES string of the molecule is CN(C)[C@H]1CN(c2ncc3c4c(c(-c5c(F)ccc6sc(N)c(C#N)c56)c(F)c3n2)COC4)C[C@H]1O. The number of fused-ring (bicyclic) bond motifs is 4. The lowest BCUT2D eigenvalue weighted by molar-refractivity contribution is 0.114. The lowest BCUT2D eigenvalue weighted by Gasteiger charge is -2.21. The zero-order valence-corrected chi connectivity index (χ0v) is 20.4. The Labute approximate surface area is 209 Å². The highest BCUT2D eigenvalue weighted by atomic mass is 32.1. The molecule has 1 fully saturated rings. The van der Waals surface area contributed by atoms with E-state index in [-0.39, 0.29) is 57.8 Å². The molecule has 4 heterocycles. The van der Waals surface area contributed by atoms with Crippen molar-refractivity contribution < 1.29 is 18.6 Å². The van der Waals surface area contributed by atoms with Crippen LogP contribution >= 0.6 is 11.3 Å². The Bertz CT molecular complexity index is 1600. The fourth-order valence-electron chi connectivity index (χ4n) is 5.30. The van der Waals surface area contributed by atoms with Crippen molar-refractivity contribution in [3.63, 3.8) is 0 Å². The number of thiophene rings is 1. The number of nitrogens with zero attached hydrogens (tertiary/aromatic N) is 5. The average molecular weight is 509 g/mol. The van der Waals surface area contributed by atoms with Gasteiger partial charge in [0.05, 0.1) is 30.9 Å². The fourth-order valence-corrected chi connectivity index (χ4v) is 6.23. The van der Waals surface area contributed by atoms with E-state index in [2.05, 4.69) is 9.97 Å². The Morgan fingerprint density at radius 1 is 1.22 bits per heavy atom. The highest BCUT2D eigenvalue weighted by Crippen LogP contribution is 2.46. The molecule has 0 spiro atoms. The molecule has 4 aromatic rings. The van der Waals surface area contributed by atoms with E-state index < -0.39 is 17.7 Å². The van der Waals surface area contributed by atoms with Crippen molar-refractivity contribution in [1.82, 2.24) is 14.9 Å². The number of aromatic nitrogens is 2. The molecule has 2 aromatic heterocycles. The monoisotopic (exact) mass is 508 g/mol. The van der Waals surface area contributed by atoms with Crippen molar-refractivity contribution >= 4 is 43.3 Å². The second-order valence-electron chi connectivity index (χ2n) is 9.32. The van der Waals surface area contributed by atoms with Crippen molar-refractivity contribution in [2.45, 2.75) is 25.4 Å². The molecule has 0 radical (unpaired) electrons. The van der Waals surface area contributed by atoms with E-state index in [1.807, 2.05) is 30.0 Å². The Morgan fingerprint density at radius 3 is 2.72 bits per heavy atom. The fraction of sp³-hybridized carbons (Fsp3) is 0.320. The molecular formula is C25H22F2N6O2S. The number of rotatable bonds is 3. The lowest BCUT2D eigenvalue weighted by Crippen LogP contribution is -2.38. The molecule has 0 unspecified atom stereocenters. The van der Waals surface area contributed by atoms with Crippen molar-refractivity contribution in [2.24, 2.45) is 0 Å². The number of ether oxygens (including phenoxy) is 1. The van der Waals surface area contributed by atoms with Crippen LogP contribution in [0.4, 0.5) is 19.7 Å². The average Bonchev–Trinajstić information content (AvgIpc) is 3.56. The third-order valence-corrected chi connectivity index (χ3v) is 8.07. The van der Waals surface area contributed by atoms with Gasteiger partial charge in [-0.2, -0.15) is 5.26 Å². The quantitative estimate of drug-likeness (QED) is 0.433. The third kappa shape index (κ3) is 3.26. The number of halogens is 2. The van der Waals surface area contributed by atoms with Gasteiger partial charge >= 0.3 is 0 Å². The number of benzene rings is 2. The zero-order valence-electron chi connectivity index (χ0n) is 19.5. The lowest BCUT2D eigenvalue weighted by atomic mass is 9.90. The Balaban J connectivity index is 1.61. The van der Waals surface area contributed by atoms with Gasteiger partial charge in [-0.25, -0.2) is 18.7 Å². The summed E-state index contributed by atoms with van der Waals surface area (Å²) in [6.45, 7) is 1.10. The predicted molar refractivity (Wildman–Crippen MR) is 134 cm³/mol. The van der Waals surface area contributed by atoms with Crippen LogP contribution in [0.15, 0.2) is 18.3 Å². The maximum absolute atomic E-state index is 16.4. The molecule has 8 nitrogen and oxygen atoms in total. The molecule has 0 saturated carbocycles. The van der Waals surface area contributed by atoms with E-state index in [0.29, 0.717) is 34.3 Å². The molecule has 0 aliphatic carbocycles. The van der Waals surface area contributed by atoms with E-state index in [1.165, 1.54) is 6.07 Å². The molecule has 3 N–H and O–H groups in total. The standard InChI is InChI=1S/C25H22F2N6O2S/c1-32(2)16-7-33(8-17(16)34)25-30-6-12-13-9-35-10-14(13)20(22(27)23(12)31-25)21-15(26)3-4-18-19(21)11(5-28)24(29)36-18/h3-4,6,16-17,34H,7-10,29H2,1-2H3/t16-,17+/m0/s1. The van der Waals surface area contributed by atoms with Crippen molar-refractivity contribution in [1.29, 1.82) is 5.26 Å². The topological polar surface area (TPSA) is 112 Å². The van der Waals surface area contributed by atoms with Gasteiger partial charge < -0.3 is 25.4 Å². The Kier molecular flexibility index (Phi) is 5.31. The predicted octanol–water partition coefficient (Wildman–Crippen LogP) is 3.38. The van der Waals surface area contributed by atoms with Crippen molar-refractivity contribution in [2.75, 3.05) is 37.8 Å². The molecule has 6 rings (SSSR count). The van der Waals surface area contributed by atoms with Crippen LogP contribution < -0.4 is 10.6 Å².